The number of aromatic nitrogens is 3. The quantitative estimate of drug-likeness (QED) is 0.350. The van der Waals surface area contributed by atoms with Gasteiger partial charge in [-0.1, -0.05) is 19.1 Å². The summed E-state index contributed by atoms with van der Waals surface area (Å²) >= 11 is 0. The Balaban J connectivity index is 1.41. The standard InChI is InChI=1S/C29H32FN5/c1-19-11-26(33-14-20(2)24(18-33)15-32(3)4)12-23-17-34-16-22(21-5-7-25(30)8-6-21)13-27(34)29-31-9-10-35(29)28(19)23/h5-13,16,20,24H,14-15,17-18H2,1-4H3/t20-,24-/m1/s1. The molecule has 0 saturated carbocycles. The van der Waals surface area contributed by atoms with Crippen LogP contribution in [0.4, 0.5) is 10.1 Å². The lowest BCUT2D eigenvalue weighted by molar-refractivity contribution is 0.301. The van der Waals surface area contributed by atoms with Gasteiger partial charge in [-0.15, -0.1) is 0 Å². The highest BCUT2D eigenvalue weighted by atomic mass is 19.1. The van der Waals surface area contributed by atoms with Gasteiger partial charge in [0, 0.05) is 56.0 Å². The molecule has 0 unspecified atom stereocenters. The Labute approximate surface area is 206 Å². The normalized spacial score (nSPS) is 19.0. The maximum absolute atomic E-state index is 13.5. The van der Waals surface area contributed by atoms with E-state index in [1.807, 2.05) is 18.3 Å². The first-order valence-corrected chi connectivity index (χ1v) is 12.4. The van der Waals surface area contributed by atoms with E-state index >= 15 is 0 Å². The molecule has 1 fully saturated rings. The third kappa shape index (κ3) is 3.86. The highest BCUT2D eigenvalue weighted by Gasteiger charge is 2.31. The van der Waals surface area contributed by atoms with Gasteiger partial charge in [-0.3, -0.25) is 4.57 Å². The minimum atomic E-state index is -0.217. The van der Waals surface area contributed by atoms with Crippen molar-refractivity contribution in [3.8, 4) is 28.3 Å². The van der Waals surface area contributed by atoms with E-state index in [1.165, 1.54) is 34.6 Å². The van der Waals surface area contributed by atoms with Crippen molar-refractivity contribution in [2.45, 2.75) is 20.4 Å². The Morgan fingerprint density at radius 1 is 1.06 bits per heavy atom. The summed E-state index contributed by atoms with van der Waals surface area (Å²) in [5, 5.41) is 0. The highest BCUT2D eigenvalue weighted by molar-refractivity contribution is 5.73. The number of hydrogen-bond acceptors (Lipinski definition) is 3. The molecule has 4 heterocycles. The lowest BCUT2D eigenvalue weighted by atomic mass is 9.98. The van der Waals surface area contributed by atoms with Crippen LogP contribution >= 0.6 is 0 Å². The van der Waals surface area contributed by atoms with Crippen LogP contribution < -0.4 is 4.90 Å². The van der Waals surface area contributed by atoms with E-state index in [9.17, 15) is 4.39 Å². The van der Waals surface area contributed by atoms with E-state index in [2.05, 4.69) is 77.5 Å². The Kier molecular flexibility index (Phi) is 5.29. The first kappa shape index (κ1) is 22.1. The van der Waals surface area contributed by atoms with Crippen molar-refractivity contribution in [1.29, 1.82) is 0 Å². The van der Waals surface area contributed by atoms with Gasteiger partial charge in [-0.2, -0.15) is 0 Å². The molecule has 2 aromatic carbocycles. The zero-order valence-corrected chi connectivity index (χ0v) is 20.9. The molecule has 180 valence electrons. The highest BCUT2D eigenvalue weighted by Crippen LogP contribution is 2.38. The van der Waals surface area contributed by atoms with E-state index in [1.54, 1.807) is 0 Å². The van der Waals surface area contributed by atoms with Crippen molar-refractivity contribution >= 4 is 5.69 Å². The van der Waals surface area contributed by atoms with E-state index in [-0.39, 0.29) is 5.82 Å². The summed E-state index contributed by atoms with van der Waals surface area (Å²) in [6.45, 7) is 8.68. The molecule has 2 aliphatic heterocycles. The van der Waals surface area contributed by atoms with E-state index < -0.39 is 0 Å². The lowest BCUT2D eigenvalue weighted by Gasteiger charge is -2.23. The Hall–Kier alpha value is -3.38. The summed E-state index contributed by atoms with van der Waals surface area (Å²) in [5.74, 6) is 2.07. The van der Waals surface area contributed by atoms with Gasteiger partial charge < -0.3 is 14.4 Å². The molecular formula is C29H32FN5. The Morgan fingerprint density at radius 2 is 1.86 bits per heavy atom. The predicted molar refractivity (Wildman–Crippen MR) is 140 cm³/mol. The zero-order chi connectivity index (χ0) is 24.3. The second kappa shape index (κ2) is 8.38. The molecule has 0 aliphatic carbocycles. The van der Waals surface area contributed by atoms with Crippen LogP contribution in [0.2, 0.25) is 0 Å². The summed E-state index contributed by atoms with van der Waals surface area (Å²) in [4.78, 5) is 9.60. The summed E-state index contributed by atoms with van der Waals surface area (Å²) in [6, 6.07) is 13.6. The molecule has 5 nitrogen and oxygen atoms in total. The molecule has 0 N–H and O–H groups in total. The molecule has 2 aromatic heterocycles. The van der Waals surface area contributed by atoms with Crippen LogP contribution in [0.5, 0.6) is 0 Å². The van der Waals surface area contributed by atoms with Crippen molar-refractivity contribution in [2.75, 3.05) is 38.6 Å². The van der Waals surface area contributed by atoms with Crippen LogP contribution in [0.3, 0.4) is 0 Å². The number of rotatable bonds is 4. The fraction of sp³-hybridized carbons (Fsp3) is 0.345. The smallest absolute Gasteiger partial charge is 0.161 e. The van der Waals surface area contributed by atoms with Crippen LogP contribution in [0, 0.1) is 24.6 Å². The molecule has 2 aliphatic rings. The molecule has 0 bridgehead atoms. The van der Waals surface area contributed by atoms with Gasteiger partial charge in [0.1, 0.15) is 5.82 Å². The number of imidazole rings is 1. The first-order chi connectivity index (χ1) is 16.9. The van der Waals surface area contributed by atoms with Gasteiger partial charge in [-0.25, -0.2) is 9.37 Å². The van der Waals surface area contributed by atoms with Gasteiger partial charge in [0.15, 0.2) is 5.82 Å². The van der Waals surface area contributed by atoms with Crippen molar-refractivity contribution in [1.82, 2.24) is 19.0 Å². The summed E-state index contributed by atoms with van der Waals surface area (Å²) in [6.07, 6.45) is 6.11. The second-order valence-corrected chi connectivity index (χ2v) is 10.5. The summed E-state index contributed by atoms with van der Waals surface area (Å²) in [7, 11) is 4.33. The number of benzene rings is 2. The van der Waals surface area contributed by atoms with E-state index in [4.69, 9.17) is 4.98 Å². The van der Waals surface area contributed by atoms with Crippen LogP contribution in [-0.2, 0) is 6.54 Å². The molecule has 1 saturated heterocycles. The molecule has 0 radical (unpaired) electrons. The number of aryl methyl sites for hydroxylation is 1. The van der Waals surface area contributed by atoms with Crippen LogP contribution in [0.25, 0.3) is 28.3 Å². The lowest BCUT2D eigenvalue weighted by Crippen LogP contribution is -2.27. The van der Waals surface area contributed by atoms with Gasteiger partial charge in [0.2, 0.25) is 0 Å². The minimum Gasteiger partial charge on any atom is -0.371 e. The monoisotopic (exact) mass is 469 g/mol. The summed E-state index contributed by atoms with van der Waals surface area (Å²) in [5.41, 5.74) is 8.26. The number of fused-ring (bicyclic) bond motifs is 5. The van der Waals surface area contributed by atoms with E-state index in [0.717, 1.165) is 48.8 Å². The molecule has 2 atom stereocenters. The average molecular weight is 470 g/mol. The minimum absolute atomic E-state index is 0.217. The van der Waals surface area contributed by atoms with Gasteiger partial charge >= 0.3 is 0 Å². The number of nitrogens with zero attached hydrogens (tertiary/aromatic N) is 5. The fourth-order valence-corrected chi connectivity index (χ4v) is 5.92. The van der Waals surface area contributed by atoms with Crippen molar-refractivity contribution < 1.29 is 4.39 Å². The third-order valence-corrected chi connectivity index (χ3v) is 7.62. The van der Waals surface area contributed by atoms with Crippen molar-refractivity contribution in [3.63, 3.8) is 0 Å². The molecule has 35 heavy (non-hydrogen) atoms. The Morgan fingerprint density at radius 3 is 2.63 bits per heavy atom. The van der Waals surface area contributed by atoms with E-state index in [0.29, 0.717) is 11.8 Å². The molecule has 0 spiro atoms. The van der Waals surface area contributed by atoms with Crippen LogP contribution in [-0.4, -0.2) is 52.7 Å². The van der Waals surface area contributed by atoms with Crippen LogP contribution in [0.15, 0.2) is 61.1 Å². The predicted octanol–water partition coefficient (Wildman–Crippen LogP) is 5.45. The number of halogens is 1. The molecular weight excluding hydrogens is 437 g/mol. The zero-order valence-electron chi connectivity index (χ0n) is 20.9. The average Bonchev–Trinajstić information content (AvgIpc) is 3.52. The fourth-order valence-electron chi connectivity index (χ4n) is 5.92. The van der Waals surface area contributed by atoms with Crippen LogP contribution in [0.1, 0.15) is 18.1 Å². The van der Waals surface area contributed by atoms with Crippen molar-refractivity contribution in [3.05, 3.63) is 78.0 Å². The summed E-state index contributed by atoms with van der Waals surface area (Å²) < 4.78 is 18.0. The molecule has 6 heteroatoms. The molecule has 4 aromatic rings. The molecule has 6 rings (SSSR count). The topological polar surface area (TPSA) is 29.2 Å². The number of hydrogen-bond donors (Lipinski definition) is 0. The van der Waals surface area contributed by atoms with Crippen molar-refractivity contribution in [2.24, 2.45) is 11.8 Å². The Bertz CT molecular complexity index is 1380. The first-order valence-electron chi connectivity index (χ1n) is 12.4. The largest absolute Gasteiger partial charge is 0.371 e. The second-order valence-electron chi connectivity index (χ2n) is 10.5. The third-order valence-electron chi connectivity index (χ3n) is 7.62. The number of anilines is 1. The van der Waals surface area contributed by atoms with Gasteiger partial charge in [0.05, 0.1) is 11.4 Å². The maximum Gasteiger partial charge on any atom is 0.161 e. The SMILES string of the molecule is Cc1cc(N2C[C@@H](CN(C)C)[C@H](C)C2)cc2c1-n1ccnc1-c1cc(-c3ccc(F)cc3)cn1C2. The van der Waals surface area contributed by atoms with Gasteiger partial charge in [-0.05, 0) is 79.9 Å². The van der Waals surface area contributed by atoms with Gasteiger partial charge in [0.25, 0.3) is 0 Å². The maximum atomic E-state index is 13.5. The molecule has 0 amide bonds.